The van der Waals surface area contributed by atoms with Crippen molar-refractivity contribution in [3.8, 4) is 17.2 Å². The van der Waals surface area contributed by atoms with E-state index in [2.05, 4.69) is 0 Å². The number of esters is 1. The molecule has 0 unspecified atom stereocenters. The van der Waals surface area contributed by atoms with Crippen molar-refractivity contribution in [2.75, 3.05) is 19.8 Å². The standard InChI is InChI=1S/C12H13NO8/c13-4-12(18)21-7-1-2-8(19-5-10(14)15)9(3-7)20-6-11(16)17/h1-3H,4-6,13H2,(H,14,15)(H,16,17). The summed E-state index contributed by atoms with van der Waals surface area (Å²) in [7, 11) is 0. The number of ether oxygens (including phenoxy) is 3. The number of aliphatic carboxylic acids is 2. The van der Waals surface area contributed by atoms with Crippen LogP contribution >= 0.6 is 0 Å². The lowest BCUT2D eigenvalue weighted by Crippen LogP contribution is -2.19. The third kappa shape index (κ3) is 5.78. The van der Waals surface area contributed by atoms with Crippen LogP contribution < -0.4 is 19.9 Å². The summed E-state index contributed by atoms with van der Waals surface area (Å²) in [6.45, 7) is -1.63. The lowest BCUT2D eigenvalue weighted by molar-refractivity contribution is -0.140. The Labute approximate surface area is 118 Å². The summed E-state index contributed by atoms with van der Waals surface area (Å²) < 4.78 is 14.7. The quantitative estimate of drug-likeness (QED) is 0.426. The van der Waals surface area contributed by atoms with Crippen molar-refractivity contribution in [2.24, 2.45) is 5.73 Å². The van der Waals surface area contributed by atoms with E-state index in [1.54, 1.807) is 0 Å². The van der Waals surface area contributed by atoms with Crippen LogP contribution in [-0.4, -0.2) is 47.9 Å². The van der Waals surface area contributed by atoms with E-state index < -0.39 is 31.1 Å². The number of hydrogen-bond donors (Lipinski definition) is 3. The molecule has 21 heavy (non-hydrogen) atoms. The van der Waals surface area contributed by atoms with Gasteiger partial charge in [0.2, 0.25) is 0 Å². The van der Waals surface area contributed by atoms with Crippen LogP contribution in [0.4, 0.5) is 0 Å². The van der Waals surface area contributed by atoms with Crippen molar-refractivity contribution in [1.29, 1.82) is 0 Å². The monoisotopic (exact) mass is 299 g/mol. The SMILES string of the molecule is NCC(=O)Oc1ccc(OCC(=O)O)c(OCC(=O)O)c1. The van der Waals surface area contributed by atoms with E-state index >= 15 is 0 Å². The summed E-state index contributed by atoms with van der Waals surface area (Å²) in [4.78, 5) is 32.0. The Balaban J connectivity index is 2.92. The summed E-state index contributed by atoms with van der Waals surface area (Å²) >= 11 is 0. The van der Waals surface area contributed by atoms with Gasteiger partial charge >= 0.3 is 17.9 Å². The Morgan fingerprint density at radius 2 is 1.57 bits per heavy atom. The van der Waals surface area contributed by atoms with E-state index in [-0.39, 0.29) is 23.8 Å². The molecule has 0 saturated heterocycles. The Hall–Kier alpha value is -2.81. The van der Waals surface area contributed by atoms with Crippen molar-refractivity contribution in [3.05, 3.63) is 18.2 Å². The van der Waals surface area contributed by atoms with Gasteiger partial charge in [0.1, 0.15) is 5.75 Å². The van der Waals surface area contributed by atoms with Gasteiger partial charge in [-0.1, -0.05) is 0 Å². The molecule has 9 nitrogen and oxygen atoms in total. The molecule has 9 heteroatoms. The third-order valence-electron chi connectivity index (χ3n) is 2.02. The molecule has 0 aromatic heterocycles. The number of carboxylic acids is 2. The highest BCUT2D eigenvalue weighted by molar-refractivity contribution is 5.74. The molecule has 0 aliphatic carbocycles. The van der Waals surface area contributed by atoms with Crippen LogP contribution in [-0.2, 0) is 14.4 Å². The smallest absolute Gasteiger partial charge is 0.341 e. The third-order valence-corrected chi connectivity index (χ3v) is 2.02. The molecule has 0 aliphatic rings. The van der Waals surface area contributed by atoms with E-state index in [9.17, 15) is 14.4 Å². The normalized spacial score (nSPS) is 9.76. The summed E-state index contributed by atoms with van der Waals surface area (Å²) in [5.41, 5.74) is 5.09. The van der Waals surface area contributed by atoms with Crippen LogP contribution in [0.1, 0.15) is 0 Å². The van der Waals surface area contributed by atoms with Crippen molar-refractivity contribution in [2.45, 2.75) is 0 Å². The maximum atomic E-state index is 11.1. The molecule has 0 bridgehead atoms. The van der Waals surface area contributed by atoms with E-state index in [1.807, 2.05) is 0 Å². The van der Waals surface area contributed by atoms with Crippen molar-refractivity contribution >= 4 is 17.9 Å². The van der Waals surface area contributed by atoms with Gasteiger partial charge in [-0.15, -0.1) is 0 Å². The molecule has 0 saturated carbocycles. The second-order valence-electron chi connectivity index (χ2n) is 3.65. The van der Waals surface area contributed by atoms with Gasteiger partial charge in [-0.3, -0.25) is 4.79 Å². The Morgan fingerprint density at radius 3 is 2.10 bits per heavy atom. The molecule has 0 fully saturated rings. The topological polar surface area (TPSA) is 145 Å². The van der Waals surface area contributed by atoms with Gasteiger partial charge in [0.15, 0.2) is 24.7 Å². The minimum atomic E-state index is -1.23. The van der Waals surface area contributed by atoms with Gasteiger partial charge in [-0.25, -0.2) is 9.59 Å². The highest BCUT2D eigenvalue weighted by atomic mass is 16.5. The van der Waals surface area contributed by atoms with Gasteiger partial charge in [-0.2, -0.15) is 0 Å². The van der Waals surface area contributed by atoms with Gasteiger partial charge in [-0.05, 0) is 12.1 Å². The average molecular weight is 299 g/mol. The van der Waals surface area contributed by atoms with E-state index in [0.29, 0.717) is 0 Å². The molecule has 0 spiro atoms. The van der Waals surface area contributed by atoms with Gasteiger partial charge < -0.3 is 30.2 Å². The van der Waals surface area contributed by atoms with Gasteiger partial charge in [0.05, 0.1) is 6.54 Å². The van der Waals surface area contributed by atoms with E-state index in [0.717, 1.165) is 0 Å². The molecular weight excluding hydrogens is 286 g/mol. The summed E-state index contributed by atoms with van der Waals surface area (Å²) in [5, 5.41) is 17.1. The molecule has 0 atom stereocenters. The number of benzene rings is 1. The van der Waals surface area contributed by atoms with E-state index in [1.165, 1.54) is 18.2 Å². The molecule has 0 amide bonds. The van der Waals surface area contributed by atoms with Crippen molar-refractivity contribution < 1.29 is 38.8 Å². The molecule has 4 N–H and O–H groups in total. The summed E-state index contributed by atoms with van der Waals surface area (Å²) in [5.74, 6) is -3.14. The Morgan fingerprint density at radius 1 is 1.00 bits per heavy atom. The van der Waals surface area contributed by atoms with Crippen LogP contribution in [0.3, 0.4) is 0 Å². The Bertz CT molecular complexity index is 542. The average Bonchev–Trinajstić information content (AvgIpc) is 2.43. The fourth-order valence-corrected chi connectivity index (χ4v) is 1.24. The molecule has 1 aromatic carbocycles. The number of nitrogens with two attached hydrogens (primary N) is 1. The van der Waals surface area contributed by atoms with Crippen LogP contribution in [0.5, 0.6) is 17.2 Å². The van der Waals surface area contributed by atoms with E-state index in [4.69, 9.17) is 30.2 Å². The molecule has 1 aromatic rings. The first-order valence-corrected chi connectivity index (χ1v) is 5.66. The predicted molar refractivity (Wildman–Crippen MR) is 67.4 cm³/mol. The zero-order chi connectivity index (χ0) is 15.8. The first-order chi connectivity index (χ1) is 9.92. The van der Waals surface area contributed by atoms with Crippen molar-refractivity contribution in [1.82, 2.24) is 0 Å². The highest BCUT2D eigenvalue weighted by Gasteiger charge is 2.12. The van der Waals surface area contributed by atoms with Crippen LogP contribution in [0.15, 0.2) is 18.2 Å². The summed E-state index contributed by atoms with van der Waals surface area (Å²) in [6.07, 6.45) is 0. The van der Waals surface area contributed by atoms with Crippen LogP contribution in [0, 0.1) is 0 Å². The molecule has 114 valence electrons. The predicted octanol–water partition coefficient (Wildman–Crippen LogP) is -0.522. The number of carboxylic acid groups (broad SMARTS) is 2. The molecule has 0 aliphatic heterocycles. The Kier molecular flexibility index (Phi) is 5.96. The largest absolute Gasteiger partial charge is 0.479 e. The zero-order valence-corrected chi connectivity index (χ0v) is 10.8. The minimum Gasteiger partial charge on any atom is -0.479 e. The fraction of sp³-hybridized carbons (Fsp3) is 0.250. The molecule has 0 heterocycles. The molecule has 0 radical (unpaired) electrons. The maximum absolute atomic E-state index is 11.1. The van der Waals surface area contributed by atoms with Crippen molar-refractivity contribution in [3.63, 3.8) is 0 Å². The summed E-state index contributed by atoms with van der Waals surface area (Å²) in [6, 6.07) is 3.82. The van der Waals surface area contributed by atoms with Crippen LogP contribution in [0.2, 0.25) is 0 Å². The number of carbonyl (C=O) groups excluding carboxylic acids is 1. The van der Waals surface area contributed by atoms with Crippen LogP contribution in [0.25, 0.3) is 0 Å². The number of carbonyl (C=O) groups is 3. The maximum Gasteiger partial charge on any atom is 0.341 e. The van der Waals surface area contributed by atoms with Gasteiger partial charge in [0, 0.05) is 6.07 Å². The highest BCUT2D eigenvalue weighted by Crippen LogP contribution is 2.31. The second kappa shape index (κ2) is 7.70. The zero-order valence-electron chi connectivity index (χ0n) is 10.8. The molecule has 1 rings (SSSR count). The lowest BCUT2D eigenvalue weighted by Gasteiger charge is -2.12. The number of rotatable bonds is 8. The molecular formula is C12H13NO8. The number of hydrogen-bond acceptors (Lipinski definition) is 7. The van der Waals surface area contributed by atoms with Gasteiger partial charge in [0.25, 0.3) is 0 Å². The first kappa shape index (κ1) is 16.2. The second-order valence-corrected chi connectivity index (χ2v) is 3.65. The minimum absolute atomic E-state index is 0.00574. The lowest BCUT2D eigenvalue weighted by atomic mass is 10.3. The fourth-order valence-electron chi connectivity index (χ4n) is 1.24. The first-order valence-electron chi connectivity index (χ1n) is 5.66.